The Hall–Kier alpha value is -6.10. The third-order valence-corrected chi connectivity index (χ3v) is 9.02. The summed E-state index contributed by atoms with van der Waals surface area (Å²) >= 11 is 6.52. The molecule has 0 saturated carbocycles. The molecule has 7 aromatic carbocycles. The summed E-state index contributed by atoms with van der Waals surface area (Å²) in [6.07, 6.45) is 0. The van der Waals surface area contributed by atoms with E-state index in [4.69, 9.17) is 21.0 Å². The zero-order valence-electron chi connectivity index (χ0n) is 25.6. The summed E-state index contributed by atoms with van der Waals surface area (Å²) in [4.78, 5) is 13.9. The third kappa shape index (κ3) is 5.09. The molecule has 0 N–H and O–H groups in total. The lowest BCUT2D eigenvalue weighted by Crippen LogP contribution is -1.97. The van der Waals surface area contributed by atoms with Gasteiger partial charge < -0.3 is 4.42 Å². The molecule has 0 saturated heterocycles. The minimum absolute atomic E-state index is 0.135. The second-order valence-corrected chi connectivity index (χ2v) is 12.2. The van der Waals surface area contributed by atoms with Gasteiger partial charge in [-0.25, -0.2) is 4.98 Å². The minimum atomic E-state index is 0.135. The fourth-order valence-corrected chi connectivity index (χ4v) is 6.67. The number of rotatable bonds is 5. The topological polar surface area (TPSA) is 51.8 Å². The first-order valence-corrected chi connectivity index (χ1v) is 16.2. The van der Waals surface area contributed by atoms with Crippen molar-refractivity contribution < 1.29 is 4.42 Å². The fraction of sp³-hybridized carbons (Fsp3) is 0. The smallest absolute Gasteiger partial charge is 0.226 e. The largest absolute Gasteiger partial charge is 0.456 e. The number of hydrogen-bond donors (Lipinski definition) is 0. The molecule has 48 heavy (non-hydrogen) atoms. The summed E-state index contributed by atoms with van der Waals surface area (Å²) in [6, 6.07) is 54.4. The molecular weight excluding hydrogens is 610 g/mol. The van der Waals surface area contributed by atoms with Gasteiger partial charge in [-0.2, -0.15) is 9.97 Å². The molecule has 0 radical (unpaired) electrons. The molecule has 0 aliphatic carbocycles. The Bertz CT molecular complexity index is 2630. The SMILES string of the molecule is Clc1nc(-c2cccc(-c3ccc4ccc(-c5ccccc5)cc4c3)c2)nc(-c2ccc3c(c2)oc2cccc(-c4ccccc4)c23)n1. The summed E-state index contributed by atoms with van der Waals surface area (Å²) in [5.41, 5.74) is 10.1. The molecule has 0 aliphatic heterocycles. The van der Waals surface area contributed by atoms with Crippen LogP contribution in [0.2, 0.25) is 5.28 Å². The highest BCUT2D eigenvalue weighted by Gasteiger charge is 2.16. The van der Waals surface area contributed by atoms with Gasteiger partial charge in [-0.1, -0.05) is 121 Å². The summed E-state index contributed by atoms with van der Waals surface area (Å²) in [5, 5.41) is 4.63. The van der Waals surface area contributed by atoms with Gasteiger partial charge in [0.05, 0.1) is 0 Å². The lowest BCUT2D eigenvalue weighted by molar-refractivity contribution is 0.669. The Morgan fingerprint density at radius 3 is 1.73 bits per heavy atom. The van der Waals surface area contributed by atoms with E-state index in [1.165, 1.54) is 21.9 Å². The van der Waals surface area contributed by atoms with Crippen molar-refractivity contribution in [3.8, 4) is 56.2 Å². The van der Waals surface area contributed by atoms with Crippen molar-refractivity contribution in [3.63, 3.8) is 0 Å². The average Bonchev–Trinajstić information content (AvgIpc) is 3.53. The predicted octanol–water partition coefficient (Wildman–Crippen LogP) is 11.9. The molecule has 9 aromatic rings. The van der Waals surface area contributed by atoms with Gasteiger partial charge in [-0.15, -0.1) is 0 Å². The highest BCUT2D eigenvalue weighted by molar-refractivity contribution is 6.28. The minimum Gasteiger partial charge on any atom is -0.456 e. The van der Waals surface area contributed by atoms with Crippen LogP contribution in [0, 0.1) is 0 Å². The molecule has 5 heteroatoms. The second-order valence-electron chi connectivity index (χ2n) is 11.8. The maximum Gasteiger partial charge on any atom is 0.226 e. The van der Waals surface area contributed by atoms with E-state index in [0.29, 0.717) is 11.6 Å². The average molecular weight is 636 g/mol. The van der Waals surface area contributed by atoms with Gasteiger partial charge in [-0.05, 0) is 92.2 Å². The number of hydrogen-bond acceptors (Lipinski definition) is 4. The van der Waals surface area contributed by atoms with Crippen molar-refractivity contribution in [1.82, 2.24) is 15.0 Å². The predicted molar refractivity (Wildman–Crippen MR) is 197 cm³/mol. The van der Waals surface area contributed by atoms with E-state index in [2.05, 4.69) is 119 Å². The molecule has 9 rings (SSSR count). The first-order chi connectivity index (χ1) is 23.7. The molecule has 0 bridgehead atoms. The summed E-state index contributed by atoms with van der Waals surface area (Å²) < 4.78 is 6.35. The number of aromatic nitrogens is 3. The molecule has 0 spiro atoms. The normalized spacial score (nSPS) is 11.4. The Morgan fingerprint density at radius 2 is 0.979 bits per heavy atom. The molecule has 0 aliphatic rings. The van der Waals surface area contributed by atoms with Crippen LogP contribution < -0.4 is 0 Å². The number of fused-ring (bicyclic) bond motifs is 4. The van der Waals surface area contributed by atoms with E-state index in [-0.39, 0.29) is 5.28 Å². The van der Waals surface area contributed by atoms with E-state index >= 15 is 0 Å². The third-order valence-electron chi connectivity index (χ3n) is 8.85. The van der Waals surface area contributed by atoms with Gasteiger partial charge in [0.25, 0.3) is 0 Å². The van der Waals surface area contributed by atoms with Crippen LogP contribution in [-0.2, 0) is 0 Å². The van der Waals surface area contributed by atoms with Gasteiger partial charge >= 0.3 is 0 Å². The highest BCUT2D eigenvalue weighted by Crippen LogP contribution is 2.38. The van der Waals surface area contributed by atoms with E-state index in [0.717, 1.165) is 55.3 Å². The quantitative estimate of drug-likeness (QED) is 0.189. The zero-order valence-corrected chi connectivity index (χ0v) is 26.4. The second kappa shape index (κ2) is 11.6. The lowest BCUT2D eigenvalue weighted by Gasteiger charge is -2.09. The number of furan rings is 1. The van der Waals surface area contributed by atoms with Crippen LogP contribution in [0.3, 0.4) is 0 Å². The highest BCUT2D eigenvalue weighted by atomic mass is 35.5. The van der Waals surface area contributed by atoms with Crippen molar-refractivity contribution >= 4 is 44.3 Å². The van der Waals surface area contributed by atoms with Crippen LogP contribution in [0.4, 0.5) is 0 Å². The van der Waals surface area contributed by atoms with Crippen LogP contribution in [0.25, 0.3) is 88.9 Å². The van der Waals surface area contributed by atoms with Crippen molar-refractivity contribution in [2.24, 2.45) is 0 Å². The van der Waals surface area contributed by atoms with E-state index in [1.807, 2.05) is 48.5 Å². The molecule has 4 nitrogen and oxygen atoms in total. The number of benzene rings is 7. The molecule has 0 fully saturated rings. The molecule has 0 atom stereocenters. The standard InChI is InChI=1S/C43H26ClN3O/c44-43-46-41(33-14-7-13-30(23-33)32-20-18-28-17-19-31(24-35(28)25-32)27-9-3-1-4-10-27)45-42(47-43)34-21-22-37-39(26-34)48-38-16-8-15-36(40(37)38)29-11-5-2-6-12-29/h1-26H. The molecule has 0 unspecified atom stereocenters. The van der Waals surface area contributed by atoms with E-state index < -0.39 is 0 Å². The zero-order chi connectivity index (χ0) is 32.0. The lowest BCUT2D eigenvalue weighted by atomic mass is 9.97. The van der Waals surface area contributed by atoms with Gasteiger partial charge in [0, 0.05) is 21.9 Å². The van der Waals surface area contributed by atoms with Gasteiger partial charge in [0.1, 0.15) is 11.2 Å². The van der Waals surface area contributed by atoms with Crippen LogP contribution in [0.1, 0.15) is 0 Å². The van der Waals surface area contributed by atoms with Crippen molar-refractivity contribution in [1.29, 1.82) is 0 Å². The maximum absolute atomic E-state index is 6.52. The fourth-order valence-electron chi connectivity index (χ4n) is 6.51. The van der Waals surface area contributed by atoms with Crippen LogP contribution in [-0.4, -0.2) is 15.0 Å². The Morgan fingerprint density at radius 1 is 0.396 bits per heavy atom. The summed E-state index contributed by atoms with van der Waals surface area (Å²) in [6.45, 7) is 0. The number of nitrogens with zero attached hydrogens (tertiary/aromatic N) is 3. The molecule has 226 valence electrons. The van der Waals surface area contributed by atoms with Crippen molar-refractivity contribution in [3.05, 3.63) is 163 Å². The summed E-state index contributed by atoms with van der Waals surface area (Å²) in [7, 11) is 0. The van der Waals surface area contributed by atoms with Gasteiger partial charge in [0.2, 0.25) is 5.28 Å². The van der Waals surface area contributed by atoms with E-state index in [1.54, 1.807) is 0 Å². The Balaban J connectivity index is 1.08. The molecule has 2 aromatic heterocycles. The molecular formula is C43H26ClN3O. The molecule has 0 amide bonds. The van der Waals surface area contributed by atoms with Crippen LogP contribution in [0.15, 0.2) is 162 Å². The first kappa shape index (κ1) is 28.1. The van der Waals surface area contributed by atoms with Gasteiger partial charge in [-0.3, -0.25) is 0 Å². The first-order valence-electron chi connectivity index (χ1n) is 15.8. The Labute approximate surface area is 282 Å². The van der Waals surface area contributed by atoms with Crippen LogP contribution in [0.5, 0.6) is 0 Å². The Kier molecular flexibility index (Phi) is 6.81. The molecule has 2 heterocycles. The van der Waals surface area contributed by atoms with E-state index in [9.17, 15) is 0 Å². The summed E-state index contributed by atoms with van der Waals surface area (Å²) in [5.74, 6) is 0.996. The van der Waals surface area contributed by atoms with Crippen molar-refractivity contribution in [2.75, 3.05) is 0 Å². The maximum atomic E-state index is 6.52. The van der Waals surface area contributed by atoms with Crippen molar-refractivity contribution in [2.45, 2.75) is 0 Å². The van der Waals surface area contributed by atoms with Gasteiger partial charge in [0.15, 0.2) is 11.6 Å². The monoisotopic (exact) mass is 635 g/mol. The number of halogens is 1. The van der Waals surface area contributed by atoms with Crippen LogP contribution >= 0.6 is 11.6 Å².